The molecule has 0 saturated heterocycles. The van der Waals surface area contributed by atoms with Gasteiger partial charge in [-0.05, 0) is 35.4 Å². The summed E-state index contributed by atoms with van der Waals surface area (Å²) in [6.07, 6.45) is 1.59. The summed E-state index contributed by atoms with van der Waals surface area (Å²) in [7, 11) is 0. The maximum Gasteiger partial charge on any atom is 0.180 e. The van der Waals surface area contributed by atoms with Crippen molar-refractivity contribution in [1.82, 2.24) is 0 Å². The highest BCUT2D eigenvalue weighted by molar-refractivity contribution is 8.13. The number of para-hydroxylation sites is 1. The van der Waals surface area contributed by atoms with Gasteiger partial charge in [-0.2, -0.15) is 5.10 Å². The molecule has 0 spiro atoms. The minimum atomic E-state index is -0.284. The normalized spacial score (nSPS) is 11.7. The van der Waals surface area contributed by atoms with Gasteiger partial charge in [0.1, 0.15) is 18.2 Å². The summed E-state index contributed by atoms with van der Waals surface area (Å²) in [6, 6.07) is 23.8. The third kappa shape index (κ3) is 6.25. The molecule has 142 valence electrons. The van der Waals surface area contributed by atoms with E-state index in [4.69, 9.17) is 10.5 Å². The molecule has 4 nitrogen and oxygen atoms in total. The first-order chi connectivity index (χ1) is 13.7. The highest BCUT2D eigenvalue weighted by Gasteiger charge is 2.02. The molecule has 0 atom stereocenters. The molecule has 0 saturated carbocycles. The van der Waals surface area contributed by atoms with E-state index < -0.39 is 0 Å². The molecule has 0 unspecified atom stereocenters. The van der Waals surface area contributed by atoms with Crippen LogP contribution in [0.3, 0.4) is 0 Å². The Morgan fingerprint density at radius 3 is 2.54 bits per heavy atom. The van der Waals surface area contributed by atoms with Gasteiger partial charge >= 0.3 is 0 Å². The lowest BCUT2D eigenvalue weighted by Crippen LogP contribution is -2.06. The molecule has 3 rings (SSSR count). The van der Waals surface area contributed by atoms with Crippen LogP contribution in [0.5, 0.6) is 5.75 Å². The number of hydrogen-bond donors (Lipinski definition) is 1. The smallest absolute Gasteiger partial charge is 0.180 e. The van der Waals surface area contributed by atoms with Crippen LogP contribution in [0.1, 0.15) is 16.7 Å². The van der Waals surface area contributed by atoms with Gasteiger partial charge in [-0.1, -0.05) is 66.4 Å². The zero-order valence-electron chi connectivity index (χ0n) is 15.2. The average Bonchev–Trinajstić information content (AvgIpc) is 2.72. The van der Waals surface area contributed by atoms with E-state index >= 15 is 0 Å². The molecule has 0 aromatic heterocycles. The maximum absolute atomic E-state index is 13.3. The van der Waals surface area contributed by atoms with E-state index in [2.05, 4.69) is 10.2 Å². The van der Waals surface area contributed by atoms with E-state index in [1.165, 1.54) is 29.5 Å². The number of thioether (sulfide) groups is 1. The summed E-state index contributed by atoms with van der Waals surface area (Å²) in [5.74, 6) is 1.09. The summed E-state index contributed by atoms with van der Waals surface area (Å²) in [4.78, 5) is 0. The molecule has 2 N–H and O–H groups in total. The van der Waals surface area contributed by atoms with Crippen LogP contribution in [0.2, 0.25) is 0 Å². The average molecular weight is 393 g/mol. The Hall–Kier alpha value is -3.12. The van der Waals surface area contributed by atoms with Crippen molar-refractivity contribution in [3.05, 3.63) is 101 Å². The van der Waals surface area contributed by atoms with Gasteiger partial charge in [-0.25, -0.2) is 4.39 Å². The molecule has 28 heavy (non-hydrogen) atoms. The zero-order chi connectivity index (χ0) is 19.6. The Balaban J connectivity index is 1.59. The Morgan fingerprint density at radius 2 is 1.71 bits per heavy atom. The number of amidine groups is 1. The SMILES string of the molecule is NC(=NN=Cc1ccccc1OCc1cccc(F)c1)SCc1ccccc1. The number of rotatable bonds is 7. The van der Waals surface area contributed by atoms with E-state index in [1.807, 2.05) is 60.7 Å². The van der Waals surface area contributed by atoms with Gasteiger partial charge in [0.25, 0.3) is 0 Å². The van der Waals surface area contributed by atoms with Crippen molar-refractivity contribution >= 4 is 23.1 Å². The summed E-state index contributed by atoms with van der Waals surface area (Å²) in [5.41, 5.74) is 8.60. The lowest BCUT2D eigenvalue weighted by Gasteiger charge is -2.08. The molecule has 0 bridgehead atoms. The Bertz CT molecular complexity index is 961. The second kappa shape index (κ2) is 10.3. The van der Waals surface area contributed by atoms with E-state index in [9.17, 15) is 4.39 Å². The van der Waals surface area contributed by atoms with Crippen LogP contribution in [0, 0.1) is 5.82 Å². The fraction of sp³-hybridized carbons (Fsp3) is 0.0909. The quantitative estimate of drug-likeness (QED) is 0.350. The van der Waals surface area contributed by atoms with Crippen LogP contribution in [0.25, 0.3) is 0 Å². The van der Waals surface area contributed by atoms with Crippen LogP contribution in [-0.4, -0.2) is 11.4 Å². The Labute approximate surface area is 168 Å². The van der Waals surface area contributed by atoms with Crippen LogP contribution in [0.15, 0.2) is 89.1 Å². The highest BCUT2D eigenvalue weighted by atomic mass is 32.2. The van der Waals surface area contributed by atoms with Crippen LogP contribution in [-0.2, 0) is 12.4 Å². The number of hydrogen-bond acceptors (Lipinski definition) is 4. The molecule has 0 radical (unpaired) electrons. The van der Waals surface area contributed by atoms with Crippen molar-refractivity contribution in [2.45, 2.75) is 12.4 Å². The van der Waals surface area contributed by atoms with Gasteiger partial charge in [0.05, 0.1) is 6.21 Å². The summed E-state index contributed by atoms with van der Waals surface area (Å²) in [5, 5.41) is 8.48. The van der Waals surface area contributed by atoms with Crippen LogP contribution >= 0.6 is 11.8 Å². The first-order valence-corrected chi connectivity index (χ1v) is 9.69. The van der Waals surface area contributed by atoms with Gasteiger partial charge in [0.2, 0.25) is 0 Å². The maximum atomic E-state index is 13.3. The molecule has 0 aliphatic rings. The monoisotopic (exact) mass is 393 g/mol. The molecule has 3 aromatic rings. The lowest BCUT2D eigenvalue weighted by molar-refractivity contribution is 0.305. The van der Waals surface area contributed by atoms with Gasteiger partial charge in [-0.3, -0.25) is 0 Å². The number of ether oxygens (including phenoxy) is 1. The van der Waals surface area contributed by atoms with Crippen LogP contribution in [0.4, 0.5) is 4.39 Å². The minimum Gasteiger partial charge on any atom is -0.488 e. The van der Waals surface area contributed by atoms with Gasteiger partial charge in [0.15, 0.2) is 5.17 Å². The molecule has 0 aliphatic heterocycles. The molecular weight excluding hydrogens is 373 g/mol. The fourth-order valence-electron chi connectivity index (χ4n) is 2.41. The molecule has 3 aromatic carbocycles. The molecule has 0 aliphatic carbocycles. The van der Waals surface area contributed by atoms with E-state index in [0.717, 1.165) is 16.9 Å². The Morgan fingerprint density at radius 1 is 0.964 bits per heavy atom. The van der Waals surface area contributed by atoms with Crippen molar-refractivity contribution < 1.29 is 9.13 Å². The second-order valence-electron chi connectivity index (χ2n) is 5.91. The van der Waals surface area contributed by atoms with Crippen molar-refractivity contribution in [1.29, 1.82) is 0 Å². The van der Waals surface area contributed by atoms with Crippen molar-refractivity contribution in [3.63, 3.8) is 0 Å². The van der Waals surface area contributed by atoms with Crippen LogP contribution < -0.4 is 10.5 Å². The molecular formula is C22H20FN3OS. The van der Waals surface area contributed by atoms with Gasteiger partial charge in [-0.15, -0.1) is 5.10 Å². The molecule has 0 heterocycles. The highest BCUT2D eigenvalue weighted by Crippen LogP contribution is 2.18. The van der Waals surface area contributed by atoms with E-state index in [0.29, 0.717) is 10.9 Å². The first kappa shape index (κ1) is 19.6. The molecule has 6 heteroatoms. The summed E-state index contributed by atoms with van der Waals surface area (Å²) in [6.45, 7) is 0.265. The van der Waals surface area contributed by atoms with Crippen molar-refractivity contribution in [2.24, 2.45) is 15.9 Å². The number of nitrogens with two attached hydrogens (primary N) is 1. The summed E-state index contributed by atoms with van der Waals surface area (Å²) >= 11 is 1.42. The number of halogens is 1. The third-order valence-electron chi connectivity index (χ3n) is 3.79. The van der Waals surface area contributed by atoms with Crippen molar-refractivity contribution in [2.75, 3.05) is 0 Å². The molecule has 0 amide bonds. The van der Waals surface area contributed by atoms with Gasteiger partial charge < -0.3 is 10.5 Å². The number of benzene rings is 3. The predicted octanol–water partition coefficient (Wildman–Crippen LogP) is 4.99. The largest absolute Gasteiger partial charge is 0.488 e. The molecule has 0 fully saturated rings. The zero-order valence-corrected chi connectivity index (χ0v) is 16.0. The van der Waals surface area contributed by atoms with Gasteiger partial charge in [0, 0.05) is 11.3 Å². The topological polar surface area (TPSA) is 60.0 Å². The number of nitrogens with zero attached hydrogens (tertiary/aromatic N) is 2. The third-order valence-corrected chi connectivity index (χ3v) is 4.64. The van der Waals surface area contributed by atoms with E-state index in [1.54, 1.807) is 12.3 Å². The van der Waals surface area contributed by atoms with E-state index in [-0.39, 0.29) is 12.4 Å². The fourth-order valence-corrected chi connectivity index (χ4v) is 3.03. The minimum absolute atomic E-state index is 0.265. The Kier molecular flexibility index (Phi) is 7.21. The van der Waals surface area contributed by atoms with Crippen molar-refractivity contribution in [3.8, 4) is 5.75 Å². The predicted molar refractivity (Wildman–Crippen MR) is 114 cm³/mol. The second-order valence-corrected chi connectivity index (χ2v) is 6.91. The first-order valence-electron chi connectivity index (χ1n) is 8.70. The standard InChI is InChI=1S/C22H20FN3OS/c23-20-11-6-9-18(13-20)15-27-21-12-5-4-10-19(21)14-25-26-22(24)28-16-17-7-2-1-3-8-17/h1-14H,15-16H2,(H2,24,26). The lowest BCUT2D eigenvalue weighted by atomic mass is 10.2. The summed E-state index contributed by atoms with van der Waals surface area (Å²) < 4.78 is 19.1.